The van der Waals surface area contributed by atoms with Crippen molar-refractivity contribution in [3.05, 3.63) is 78.2 Å². The van der Waals surface area contributed by atoms with E-state index in [1.165, 1.54) is 5.56 Å². The number of carbonyl (C=O) groups excluding carboxylic acids is 1. The summed E-state index contributed by atoms with van der Waals surface area (Å²) < 4.78 is 5.59. The number of benzene rings is 2. The molecule has 1 amide bonds. The lowest BCUT2D eigenvalue weighted by molar-refractivity contribution is -0.134. The van der Waals surface area contributed by atoms with E-state index in [1.807, 2.05) is 59.8 Å². The van der Waals surface area contributed by atoms with Crippen LogP contribution in [0.25, 0.3) is 11.3 Å². The van der Waals surface area contributed by atoms with Crippen molar-refractivity contribution in [2.45, 2.75) is 25.7 Å². The molecule has 1 aromatic heterocycles. The van der Waals surface area contributed by atoms with E-state index in [2.05, 4.69) is 24.0 Å². The highest BCUT2D eigenvalue weighted by atomic mass is 16.5. The van der Waals surface area contributed by atoms with Crippen molar-refractivity contribution in [3.8, 4) is 17.0 Å². The summed E-state index contributed by atoms with van der Waals surface area (Å²) in [6, 6.07) is 17.7. The molecule has 0 bridgehead atoms. The third-order valence-electron chi connectivity index (χ3n) is 5.45. The van der Waals surface area contributed by atoms with Crippen LogP contribution in [0.5, 0.6) is 5.75 Å². The van der Waals surface area contributed by atoms with Gasteiger partial charge in [-0.1, -0.05) is 42.5 Å². The number of para-hydroxylation sites is 1. The van der Waals surface area contributed by atoms with Crippen LogP contribution in [0.4, 0.5) is 0 Å². The molecule has 0 spiro atoms. The zero-order chi connectivity index (χ0) is 20.1. The molecular weight excluding hydrogens is 362 g/mol. The Kier molecular flexibility index (Phi) is 5.84. The molecule has 2 aromatic carbocycles. The Morgan fingerprint density at radius 2 is 1.76 bits per heavy atom. The van der Waals surface area contributed by atoms with Gasteiger partial charge >= 0.3 is 0 Å². The first kappa shape index (κ1) is 19.1. The molecule has 1 saturated heterocycles. The molecule has 0 radical (unpaired) electrons. The molecule has 0 aliphatic carbocycles. The highest BCUT2D eigenvalue weighted by Crippen LogP contribution is 2.28. The number of carbonyl (C=O) groups is 1. The largest absolute Gasteiger partial charge is 0.484 e. The average molecular weight is 387 g/mol. The van der Waals surface area contributed by atoms with E-state index in [9.17, 15) is 4.79 Å². The fraction of sp³-hybridized carbons (Fsp3) is 0.292. The number of ether oxygens (including phenoxy) is 1. The summed E-state index contributed by atoms with van der Waals surface area (Å²) in [5, 5.41) is 0. The van der Waals surface area contributed by atoms with Crippen molar-refractivity contribution in [3.63, 3.8) is 0 Å². The molecule has 0 N–H and O–H groups in total. The number of nitrogens with zero attached hydrogens (tertiary/aromatic N) is 3. The number of rotatable bonds is 5. The van der Waals surface area contributed by atoms with Crippen LogP contribution >= 0.6 is 0 Å². The second kappa shape index (κ2) is 8.86. The smallest absolute Gasteiger partial charge is 0.260 e. The molecule has 1 fully saturated rings. The van der Waals surface area contributed by atoms with E-state index in [4.69, 9.17) is 9.72 Å². The summed E-state index contributed by atoms with van der Waals surface area (Å²) in [4.78, 5) is 23.7. The Labute approximate surface area is 171 Å². The Balaban J connectivity index is 1.35. The predicted octanol–water partition coefficient (Wildman–Crippen LogP) is 4.24. The highest BCUT2D eigenvalue weighted by Gasteiger charge is 2.25. The van der Waals surface area contributed by atoms with E-state index in [0.29, 0.717) is 5.92 Å². The van der Waals surface area contributed by atoms with E-state index in [1.54, 1.807) is 0 Å². The minimum Gasteiger partial charge on any atom is -0.484 e. The number of amides is 1. The topological polar surface area (TPSA) is 55.3 Å². The summed E-state index contributed by atoms with van der Waals surface area (Å²) >= 11 is 0. The van der Waals surface area contributed by atoms with Gasteiger partial charge in [-0.25, -0.2) is 4.98 Å². The van der Waals surface area contributed by atoms with Gasteiger partial charge in [0.2, 0.25) is 0 Å². The lowest BCUT2D eigenvalue weighted by atomic mass is 9.93. The minimum atomic E-state index is 0.0343. The molecule has 5 nitrogen and oxygen atoms in total. The maximum Gasteiger partial charge on any atom is 0.260 e. The first-order valence-electron chi connectivity index (χ1n) is 10.0. The fourth-order valence-electron chi connectivity index (χ4n) is 3.75. The summed E-state index contributed by atoms with van der Waals surface area (Å²) in [7, 11) is 0. The van der Waals surface area contributed by atoms with E-state index >= 15 is 0 Å². The SMILES string of the molecule is Cc1ccccc1-c1cncc(C2CCN(C(=O)COc3ccccc3)CC2)n1. The van der Waals surface area contributed by atoms with Gasteiger partial charge in [0.05, 0.1) is 17.6 Å². The standard InChI is InChI=1S/C24H25N3O2/c1-18-7-5-6-10-21(18)23-16-25-15-22(26-23)19-11-13-27(14-12-19)24(28)17-29-20-8-3-2-4-9-20/h2-10,15-16,19H,11-14,17H2,1H3. The van der Waals surface area contributed by atoms with Crippen LogP contribution in [0.3, 0.4) is 0 Å². The molecule has 5 heteroatoms. The van der Waals surface area contributed by atoms with Crippen LogP contribution in [0.2, 0.25) is 0 Å². The maximum absolute atomic E-state index is 12.5. The lowest BCUT2D eigenvalue weighted by Gasteiger charge is -2.31. The third kappa shape index (κ3) is 4.62. The molecule has 1 aliphatic rings. The molecule has 3 aromatic rings. The molecule has 4 rings (SSSR count). The van der Waals surface area contributed by atoms with Gasteiger partial charge in [-0.2, -0.15) is 0 Å². The van der Waals surface area contributed by atoms with Gasteiger partial charge in [0.15, 0.2) is 6.61 Å². The Morgan fingerprint density at radius 3 is 2.52 bits per heavy atom. The van der Waals surface area contributed by atoms with Crippen LogP contribution in [-0.2, 0) is 4.79 Å². The molecule has 0 atom stereocenters. The first-order valence-corrected chi connectivity index (χ1v) is 10.0. The number of hydrogen-bond donors (Lipinski definition) is 0. The third-order valence-corrected chi connectivity index (χ3v) is 5.45. The Hall–Kier alpha value is -3.21. The van der Waals surface area contributed by atoms with Gasteiger partial charge in [0.1, 0.15) is 5.75 Å². The van der Waals surface area contributed by atoms with E-state index in [-0.39, 0.29) is 12.5 Å². The molecule has 0 unspecified atom stereocenters. The second-order valence-electron chi connectivity index (χ2n) is 7.40. The monoisotopic (exact) mass is 387 g/mol. The van der Waals surface area contributed by atoms with Crippen molar-refractivity contribution < 1.29 is 9.53 Å². The number of aryl methyl sites for hydroxylation is 1. The van der Waals surface area contributed by atoms with Crippen LogP contribution in [0, 0.1) is 6.92 Å². The van der Waals surface area contributed by atoms with Crippen LogP contribution < -0.4 is 4.74 Å². The van der Waals surface area contributed by atoms with Crippen LogP contribution in [-0.4, -0.2) is 40.5 Å². The number of aromatic nitrogens is 2. The summed E-state index contributed by atoms with van der Waals surface area (Å²) in [5.74, 6) is 1.08. The highest BCUT2D eigenvalue weighted by molar-refractivity contribution is 5.77. The molecule has 1 aliphatic heterocycles. The summed E-state index contributed by atoms with van der Waals surface area (Å²) in [6.07, 6.45) is 5.47. The number of piperidine rings is 1. The van der Waals surface area contributed by atoms with Crippen molar-refractivity contribution in [1.82, 2.24) is 14.9 Å². The Bertz CT molecular complexity index is 967. The number of likely N-dealkylation sites (tertiary alicyclic amines) is 1. The van der Waals surface area contributed by atoms with E-state index in [0.717, 1.165) is 48.6 Å². The zero-order valence-electron chi connectivity index (χ0n) is 16.6. The quantitative estimate of drug-likeness (QED) is 0.657. The van der Waals surface area contributed by atoms with Crippen molar-refractivity contribution in [1.29, 1.82) is 0 Å². The normalized spacial score (nSPS) is 14.6. The molecule has 2 heterocycles. The predicted molar refractivity (Wildman–Crippen MR) is 113 cm³/mol. The minimum absolute atomic E-state index is 0.0343. The maximum atomic E-state index is 12.5. The van der Waals surface area contributed by atoms with Crippen molar-refractivity contribution in [2.24, 2.45) is 0 Å². The van der Waals surface area contributed by atoms with Gasteiger partial charge in [-0.3, -0.25) is 9.78 Å². The van der Waals surface area contributed by atoms with Gasteiger partial charge in [-0.05, 0) is 37.5 Å². The zero-order valence-corrected chi connectivity index (χ0v) is 16.6. The molecule has 148 valence electrons. The van der Waals surface area contributed by atoms with Crippen LogP contribution in [0.15, 0.2) is 67.0 Å². The second-order valence-corrected chi connectivity index (χ2v) is 7.40. The fourth-order valence-corrected chi connectivity index (χ4v) is 3.75. The Morgan fingerprint density at radius 1 is 1.03 bits per heavy atom. The van der Waals surface area contributed by atoms with Gasteiger partial charge in [-0.15, -0.1) is 0 Å². The first-order chi connectivity index (χ1) is 14.2. The van der Waals surface area contributed by atoms with Crippen molar-refractivity contribution in [2.75, 3.05) is 19.7 Å². The van der Waals surface area contributed by atoms with Gasteiger partial charge < -0.3 is 9.64 Å². The molecule has 0 saturated carbocycles. The van der Waals surface area contributed by atoms with Crippen molar-refractivity contribution >= 4 is 5.91 Å². The molecular formula is C24H25N3O2. The van der Waals surface area contributed by atoms with Crippen LogP contribution in [0.1, 0.15) is 30.0 Å². The number of hydrogen-bond acceptors (Lipinski definition) is 4. The lowest BCUT2D eigenvalue weighted by Crippen LogP contribution is -2.40. The van der Waals surface area contributed by atoms with Gasteiger partial charge in [0.25, 0.3) is 5.91 Å². The molecule has 29 heavy (non-hydrogen) atoms. The summed E-state index contributed by atoms with van der Waals surface area (Å²) in [6.45, 7) is 3.61. The average Bonchev–Trinajstić information content (AvgIpc) is 2.79. The summed E-state index contributed by atoms with van der Waals surface area (Å²) in [5.41, 5.74) is 4.24. The van der Waals surface area contributed by atoms with E-state index < -0.39 is 0 Å². The van der Waals surface area contributed by atoms with Gasteiger partial charge in [0, 0.05) is 30.8 Å².